The average molecular weight is 246 g/mol. The first-order valence-electron chi connectivity index (χ1n) is 6.57. The summed E-state index contributed by atoms with van der Waals surface area (Å²) in [4.78, 5) is 14.3. The Labute approximate surface area is 109 Å². The zero-order valence-electron chi connectivity index (χ0n) is 11.2. The third-order valence-electron chi connectivity index (χ3n) is 3.93. The van der Waals surface area contributed by atoms with Crippen molar-refractivity contribution in [3.63, 3.8) is 0 Å². The van der Waals surface area contributed by atoms with E-state index in [-0.39, 0.29) is 11.3 Å². The van der Waals surface area contributed by atoms with Gasteiger partial charge in [-0.1, -0.05) is 37.3 Å². The number of nitrogens with zero attached hydrogens (tertiary/aromatic N) is 1. The number of benzene rings is 1. The van der Waals surface area contributed by atoms with Crippen LogP contribution in [0.2, 0.25) is 0 Å². The Morgan fingerprint density at radius 2 is 2.00 bits per heavy atom. The van der Waals surface area contributed by atoms with Gasteiger partial charge in [-0.15, -0.1) is 0 Å². The van der Waals surface area contributed by atoms with Gasteiger partial charge in [0.25, 0.3) is 0 Å². The van der Waals surface area contributed by atoms with E-state index in [0.29, 0.717) is 19.0 Å². The molecule has 18 heavy (non-hydrogen) atoms. The zero-order chi connectivity index (χ0) is 13.2. The predicted molar refractivity (Wildman–Crippen MR) is 72.8 cm³/mol. The molecule has 1 saturated carbocycles. The van der Waals surface area contributed by atoms with E-state index in [4.69, 9.17) is 5.73 Å². The second-order valence-electron chi connectivity index (χ2n) is 5.64. The fourth-order valence-electron chi connectivity index (χ4n) is 3.04. The second kappa shape index (κ2) is 5.11. The number of hydrogen-bond donors (Lipinski definition) is 1. The first-order chi connectivity index (χ1) is 8.57. The van der Waals surface area contributed by atoms with Crippen LogP contribution in [0.1, 0.15) is 25.3 Å². The lowest BCUT2D eigenvalue weighted by atomic mass is 9.62. The highest BCUT2D eigenvalue weighted by atomic mass is 16.2. The molecule has 1 aliphatic carbocycles. The van der Waals surface area contributed by atoms with Crippen LogP contribution < -0.4 is 5.73 Å². The number of carbonyl (C=O) groups is 1. The van der Waals surface area contributed by atoms with Crippen molar-refractivity contribution in [2.45, 2.75) is 26.3 Å². The van der Waals surface area contributed by atoms with Crippen molar-refractivity contribution in [1.29, 1.82) is 0 Å². The number of rotatable bonds is 4. The third kappa shape index (κ3) is 2.41. The molecule has 1 fully saturated rings. The molecule has 0 bridgehead atoms. The number of hydrogen-bond acceptors (Lipinski definition) is 2. The Kier molecular flexibility index (Phi) is 3.71. The van der Waals surface area contributed by atoms with Crippen molar-refractivity contribution in [2.24, 2.45) is 17.1 Å². The maximum Gasteiger partial charge on any atom is 0.230 e. The molecule has 0 radical (unpaired) electrons. The normalized spacial score (nSPS) is 26.5. The Morgan fingerprint density at radius 1 is 1.39 bits per heavy atom. The highest BCUT2D eigenvalue weighted by molar-refractivity contribution is 5.83. The maximum atomic E-state index is 12.5. The van der Waals surface area contributed by atoms with Gasteiger partial charge in [0.2, 0.25) is 5.91 Å². The van der Waals surface area contributed by atoms with Crippen LogP contribution in [0.4, 0.5) is 0 Å². The van der Waals surface area contributed by atoms with E-state index in [2.05, 4.69) is 6.92 Å². The van der Waals surface area contributed by atoms with Gasteiger partial charge in [0.05, 0.1) is 5.41 Å². The molecule has 0 heterocycles. The van der Waals surface area contributed by atoms with E-state index in [1.54, 1.807) is 0 Å². The van der Waals surface area contributed by atoms with Crippen molar-refractivity contribution < 1.29 is 4.79 Å². The van der Waals surface area contributed by atoms with Gasteiger partial charge in [-0.3, -0.25) is 4.79 Å². The first kappa shape index (κ1) is 13.1. The van der Waals surface area contributed by atoms with E-state index in [1.807, 2.05) is 42.3 Å². The molecule has 1 amide bonds. The summed E-state index contributed by atoms with van der Waals surface area (Å²) >= 11 is 0. The molecule has 0 aromatic heterocycles. The lowest BCUT2D eigenvalue weighted by Gasteiger charge is -2.46. The number of nitrogens with two attached hydrogens (primary N) is 1. The van der Waals surface area contributed by atoms with Crippen molar-refractivity contribution >= 4 is 5.91 Å². The summed E-state index contributed by atoms with van der Waals surface area (Å²) in [6, 6.07) is 10.1. The average Bonchev–Trinajstić information content (AvgIpc) is 2.35. The topological polar surface area (TPSA) is 46.3 Å². The van der Waals surface area contributed by atoms with E-state index < -0.39 is 0 Å². The smallest absolute Gasteiger partial charge is 0.230 e. The van der Waals surface area contributed by atoms with E-state index in [9.17, 15) is 4.79 Å². The van der Waals surface area contributed by atoms with Crippen molar-refractivity contribution in [3.05, 3.63) is 35.9 Å². The Bertz CT molecular complexity index is 410. The molecule has 1 aromatic rings. The molecule has 2 N–H and O–H groups in total. The van der Waals surface area contributed by atoms with Crippen molar-refractivity contribution in [3.8, 4) is 0 Å². The van der Waals surface area contributed by atoms with Crippen molar-refractivity contribution in [2.75, 3.05) is 13.6 Å². The predicted octanol–water partition coefficient (Wildman–Crippen LogP) is 2.02. The summed E-state index contributed by atoms with van der Waals surface area (Å²) in [5.74, 6) is 0.828. The molecule has 0 unspecified atom stereocenters. The van der Waals surface area contributed by atoms with Crippen LogP contribution >= 0.6 is 0 Å². The molecule has 1 aliphatic rings. The van der Waals surface area contributed by atoms with Crippen molar-refractivity contribution in [1.82, 2.24) is 4.90 Å². The summed E-state index contributed by atoms with van der Waals surface area (Å²) < 4.78 is 0. The summed E-state index contributed by atoms with van der Waals surface area (Å²) in [6.45, 7) is 3.31. The lowest BCUT2D eigenvalue weighted by Crippen LogP contribution is -2.53. The van der Waals surface area contributed by atoms with Crippen LogP contribution in [0.15, 0.2) is 30.3 Å². The standard InChI is InChI=1S/C15H22N2O/c1-12-8-15(9-12,11-16)14(18)17(2)10-13-6-4-3-5-7-13/h3-7,12H,8-11,16H2,1-2H3. The Morgan fingerprint density at radius 3 is 2.50 bits per heavy atom. The molecule has 0 atom stereocenters. The first-order valence-corrected chi connectivity index (χ1v) is 6.57. The summed E-state index contributed by atoms with van der Waals surface area (Å²) in [5.41, 5.74) is 6.69. The minimum atomic E-state index is -0.289. The van der Waals surface area contributed by atoms with E-state index in [0.717, 1.165) is 18.4 Å². The molecular formula is C15H22N2O. The molecule has 2 rings (SSSR count). The molecule has 1 aromatic carbocycles. The molecular weight excluding hydrogens is 224 g/mol. The van der Waals surface area contributed by atoms with Crippen LogP contribution in [-0.2, 0) is 11.3 Å². The zero-order valence-corrected chi connectivity index (χ0v) is 11.2. The van der Waals surface area contributed by atoms with Gasteiger partial charge in [0, 0.05) is 20.1 Å². The summed E-state index contributed by atoms with van der Waals surface area (Å²) in [7, 11) is 1.87. The molecule has 3 heteroatoms. The quantitative estimate of drug-likeness (QED) is 0.883. The number of carbonyl (C=O) groups excluding carboxylic acids is 1. The Hall–Kier alpha value is -1.35. The second-order valence-corrected chi connectivity index (χ2v) is 5.64. The largest absolute Gasteiger partial charge is 0.341 e. The maximum absolute atomic E-state index is 12.5. The van der Waals surface area contributed by atoms with Gasteiger partial charge >= 0.3 is 0 Å². The molecule has 0 spiro atoms. The molecule has 0 aliphatic heterocycles. The minimum Gasteiger partial charge on any atom is -0.341 e. The van der Waals surface area contributed by atoms with Gasteiger partial charge in [0.1, 0.15) is 0 Å². The van der Waals surface area contributed by atoms with E-state index in [1.165, 1.54) is 0 Å². The number of amides is 1. The highest BCUT2D eigenvalue weighted by Crippen LogP contribution is 2.45. The SMILES string of the molecule is CC1CC(CN)(C(=O)N(C)Cc2ccccc2)C1. The van der Waals surface area contributed by atoms with Crippen LogP contribution in [0.3, 0.4) is 0 Å². The van der Waals surface area contributed by atoms with Gasteiger partial charge in [-0.05, 0) is 24.3 Å². The van der Waals surface area contributed by atoms with Crippen LogP contribution in [-0.4, -0.2) is 24.4 Å². The van der Waals surface area contributed by atoms with Crippen LogP contribution in [0, 0.1) is 11.3 Å². The minimum absolute atomic E-state index is 0.201. The van der Waals surface area contributed by atoms with Crippen LogP contribution in [0.25, 0.3) is 0 Å². The third-order valence-corrected chi connectivity index (χ3v) is 3.93. The lowest BCUT2D eigenvalue weighted by molar-refractivity contribution is -0.148. The monoisotopic (exact) mass is 246 g/mol. The summed E-state index contributed by atoms with van der Waals surface area (Å²) in [5, 5.41) is 0. The molecule has 0 saturated heterocycles. The van der Waals surface area contributed by atoms with Crippen LogP contribution in [0.5, 0.6) is 0 Å². The van der Waals surface area contributed by atoms with Gasteiger partial charge in [-0.2, -0.15) is 0 Å². The van der Waals surface area contributed by atoms with E-state index >= 15 is 0 Å². The van der Waals surface area contributed by atoms with Gasteiger partial charge in [0.15, 0.2) is 0 Å². The Balaban J connectivity index is 2.01. The van der Waals surface area contributed by atoms with Gasteiger partial charge in [-0.25, -0.2) is 0 Å². The summed E-state index contributed by atoms with van der Waals surface area (Å²) in [6.07, 6.45) is 1.86. The molecule has 3 nitrogen and oxygen atoms in total. The molecule has 98 valence electrons. The van der Waals surface area contributed by atoms with Gasteiger partial charge < -0.3 is 10.6 Å². The fraction of sp³-hybridized carbons (Fsp3) is 0.533. The fourth-order valence-corrected chi connectivity index (χ4v) is 3.04. The highest BCUT2D eigenvalue weighted by Gasteiger charge is 2.48.